The summed E-state index contributed by atoms with van der Waals surface area (Å²) < 4.78 is 16.0. The molecule has 1 fully saturated rings. The van der Waals surface area contributed by atoms with E-state index in [2.05, 4.69) is 46.5 Å². The van der Waals surface area contributed by atoms with Crippen LogP contribution in [0.1, 0.15) is 74.3 Å². The summed E-state index contributed by atoms with van der Waals surface area (Å²) in [5.41, 5.74) is 5.83. The Balaban J connectivity index is 0.901. The van der Waals surface area contributed by atoms with Crippen molar-refractivity contribution in [3.8, 4) is 11.3 Å². The second kappa shape index (κ2) is 14.3. The Morgan fingerprint density at radius 2 is 1.74 bits per heavy atom. The summed E-state index contributed by atoms with van der Waals surface area (Å²) in [6.45, 7) is 2.26. The number of thioether (sulfide) groups is 1. The Labute approximate surface area is 306 Å². The van der Waals surface area contributed by atoms with Gasteiger partial charge in [-0.25, -0.2) is 4.39 Å². The van der Waals surface area contributed by atoms with E-state index in [0.29, 0.717) is 35.2 Å². The number of piperidine rings is 1. The molecule has 3 aromatic carbocycles. The number of carbonyl (C=O) groups is 5. The number of nitrogens with one attached hydrogen (secondary N) is 2. The van der Waals surface area contributed by atoms with E-state index in [4.69, 9.17) is 0 Å². The van der Waals surface area contributed by atoms with Gasteiger partial charge < -0.3 is 9.88 Å². The van der Waals surface area contributed by atoms with Crippen molar-refractivity contribution >= 4 is 75.1 Å². The van der Waals surface area contributed by atoms with Gasteiger partial charge in [-0.15, -0.1) is 11.8 Å². The van der Waals surface area contributed by atoms with Crippen molar-refractivity contribution in [1.82, 2.24) is 23.2 Å². The minimum Gasteiger partial charge on any atom is -0.354 e. The number of amides is 5. The second-order valence-electron chi connectivity index (χ2n) is 13.0. The third-order valence-corrected chi connectivity index (χ3v) is 11.6. The highest BCUT2D eigenvalue weighted by molar-refractivity contribution is 14.1. The molecule has 3 aliphatic rings. The normalized spacial score (nSPS) is 17.6. The first kappa shape index (κ1) is 34.4. The molecule has 50 heavy (non-hydrogen) atoms. The molecule has 0 bridgehead atoms. The van der Waals surface area contributed by atoms with E-state index in [0.717, 1.165) is 70.1 Å². The molecule has 7 rings (SSSR count). The third kappa shape index (κ3) is 6.58. The van der Waals surface area contributed by atoms with Gasteiger partial charge in [-0.05, 0) is 86.0 Å². The number of benzene rings is 3. The Hall–Kier alpha value is -4.08. The lowest BCUT2D eigenvalue weighted by Crippen LogP contribution is -2.54. The number of hydrogen-bond donors (Lipinski definition) is 2. The van der Waals surface area contributed by atoms with Crippen molar-refractivity contribution in [2.75, 3.05) is 25.9 Å². The fourth-order valence-electron chi connectivity index (χ4n) is 7.09. The molecule has 4 heterocycles. The molecule has 3 aliphatic heterocycles. The van der Waals surface area contributed by atoms with Crippen molar-refractivity contribution in [3.05, 3.63) is 88.2 Å². The monoisotopic (exact) mass is 807 g/mol. The molecule has 13 heteroatoms. The highest BCUT2D eigenvalue weighted by Crippen LogP contribution is 2.37. The summed E-state index contributed by atoms with van der Waals surface area (Å²) in [5.74, 6) is -1.79. The zero-order valence-electron chi connectivity index (χ0n) is 27.4. The minimum absolute atomic E-state index is 0.0904. The van der Waals surface area contributed by atoms with Crippen LogP contribution in [0.3, 0.4) is 0 Å². The van der Waals surface area contributed by atoms with Gasteiger partial charge >= 0.3 is 0 Å². The van der Waals surface area contributed by atoms with Gasteiger partial charge in [0.15, 0.2) is 0 Å². The topological polar surface area (TPSA) is 123 Å². The fraction of sp³-hybridized carbons (Fsp3) is 0.324. The Morgan fingerprint density at radius 3 is 2.52 bits per heavy atom. The quantitative estimate of drug-likeness (QED) is 0.0616. The summed E-state index contributed by atoms with van der Waals surface area (Å²) in [6, 6.07) is 15.4. The molecule has 0 spiro atoms. The summed E-state index contributed by atoms with van der Waals surface area (Å²) in [4.78, 5) is 70.7. The molecule has 1 aromatic heterocycles. The summed E-state index contributed by atoms with van der Waals surface area (Å²) in [5, 5.41) is 3.04. The second-order valence-corrected chi connectivity index (χ2v) is 15.3. The first-order valence-electron chi connectivity index (χ1n) is 16.7. The maximum atomic E-state index is 14.4. The van der Waals surface area contributed by atoms with Crippen LogP contribution in [0.25, 0.3) is 22.2 Å². The molecule has 0 radical (unpaired) electrons. The molecule has 258 valence electrons. The van der Waals surface area contributed by atoms with Gasteiger partial charge in [0.25, 0.3) is 17.7 Å². The zero-order chi connectivity index (χ0) is 35.1. The number of unbranched alkanes of at least 4 members (excludes halogenated alkanes) is 2. The number of imide groups is 2. The largest absolute Gasteiger partial charge is 0.354 e. The number of rotatable bonds is 11. The number of fused-ring (bicyclic) bond motifs is 1. The molecule has 2 N–H and O–H groups in total. The van der Waals surface area contributed by atoms with Crippen LogP contribution in [-0.2, 0) is 22.6 Å². The molecule has 4 aromatic rings. The van der Waals surface area contributed by atoms with E-state index >= 15 is 0 Å². The maximum absolute atomic E-state index is 14.4. The van der Waals surface area contributed by atoms with E-state index in [9.17, 15) is 28.4 Å². The third-order valence-electron chi connectivity index (χ3n) is 9.54. The van der Waals surface area contributed by atoms with Crippen LogP contribution in [0.5, 0.6) is 0 Å². The van der Waals surface area contributed by atoms with Crippen LogP contribution in [0, 0.1) is 5.82 Å². The van der Waals surface area contributed by atoms with Gasteiger partial charge in [0.1, 0.15) is 11.9 Å². The molecule has 5 amide bonds. The molecule has 0 aliphatic carbocycles. The van der Waals surface area contributed by atoms with Crippen LogP contribution in [-0.4, -0.2) is 79.4 Å². The number of carbonyl (C=O) groups excluding carboxylic acids is 5. The van der Waals surface area contributed by atoms with Gasteiger partial charge in [-0.3, -0.25) is 37.3 Å². The van der Waals surface area contributed by atoms with Crippen molar-refractivity contribution in [1.29, 1.82) is 0 Å². The van der Waals surface area contributed by atoms with Crippen LogP contribution in [0.4, 0.5) is 4.39 Å². The number of nitrogens with zero attached hydrogens (tertiary/aromatic N) is 3. The number of hydrogen-bond acceptors (Lipinski definition) is 7. The molecular weight excluding hydrogens is 772 g/mol. The molecule has 1 saturated heterocycles. The van der Waals surface area contributed by atoms with E-state index < -0.39 is 35.5 Å². The lowest BCUT2D eigenvalue weighted by Gasteiger charge is -2.27. The Kier molecular flexibility index (Phi) is 9.81. The van der Waals surface area contributed by atoms with E-state index in [-0.39, 0.29) is 18.7 Å². The lowest BCUT2D eigenvalue weighted by atomic mass is 9.99. The molecular formula is C37H35FIN5O5S. The first-order valence-corrected chi connectivity index (χ1v) is 18.6. The summed E-state index contributed by atoms with van der Waals surface area (Å²) >= 11 is 3.55. The van der Waals surface area contributed by atoms with E-state index in [1.165, 1.54) is 17.7 Å². The standard InChI is InChI=1S/C37H35FIN5O5S/c1-42(20-21-8-10-22(11-9-21)33-24-14-16-43(39)35(47)26-18-23(38)19-27(40-33)31(24)26)15-3-2-4-17-50-29-7-5-6-25-32(29)37(49)44(36(25)48)28-12-13-30(45)41-34(28)46/h5-11,18-19,28,40H,2-4,12-17,20H2,1H3,(H,41,45,46). The van der Waals surface area contributed by atoms with Crippen molar-refractivity contribution in [2.24, 2.45) is 0 Å². The summed E-state index contributed by atoms with van der Waals surface area (Å²) in [7, 11) is 2.10. The predicted molar refractivity (Wildman–Crippen MR) is 196 cm³/mol. The summed E-state index contributed by atoms with van der Waals surface area (Å²) in [6.07, 6.45) is 3.86. The number of H-pyrrole nitrogens is 1. The zero-order valence-corrected chi connectivity index (χ0v) is 30.4. The first-order chi connectivity index (χ1) is 24.1. The van der Waals surface area contributed by atoms with E-state index in [1.807, 2.05) is 28.9 Å². The Bertz CT molecular complexity index is 2050. The van der Waals surface area contributed by atoms with Crippen LogP contribution in [0.15, 0.2) is 59.5 Å². The van der Waals surface area contributed by atoms with Gasteiger partial charge in [0.05, 0.1) is 39.6 Å². The molecule has 1 atom stereocenters. The van der Waals surface area contributed by atoms with Gasteiger partial charge in [0.2, 0.25) is 11.8 Å². The molecule has 1 unspecified atom stereocenters. The van der Waals surface area contributed by atoms with Gasteiger partial charge in [-0.2, -0.15) is 0 Å². The molecule has 10 nitrogen and oxygen atoms in total. The highest BCUT2D eigenvalue weighted by atomic mass is 127. The van der Waals surface area contributed by atoms with Gasteiger partial charge in [-0.1, -0.05) is 36.8 Å². The minimum atomic E-state index is -0.972. The van der Waals surface area contributed by atoms with Crippen molar-refractivity contribution in [3.63, 3.8) is 0 Å². The molecule has 0 saturated carbocycles. The van der Waals surface area contributed by atoms with E-state index in [1.54, 1.807) is 27.0 Å². The lowest BCUT2D eigenvalue weighted by molar-refractivity contribution is -0.136. The Morgan fingerprint density at radius 1 is 0.940 bits per heavy atom. The van der Waals surface area contributed by atoms with Gasteiger partial charge in [0, 0.05) is 41.0 Å². The van der Waals surface area contributed by atoms with Crippen LogP contribution in [0.2, 0.25) is 0 Å². The smallest absolute Gasteiger partial charge is 0.263 e. The van der Waals surface area contributed by atoms with Crippen LogP contribution < -0.4 is 5.32 Å². The average molecular weight is 808 g/mol. The number of aromatic amines is 1. The SMILES string of the molecule is CN(CCCCCSc1cccc2c1C(=O)N(C1CCC(=O)NC1=O)C2=O)Cc1ccc(-c2[nH]c3cc(F)cc4c3c2CCN(I)C4=O)cc1. The predicted octanol–water partition coefficient (Wildman–Crippen LogP) is 6.12. The number of halogens is 2. The highest BCUT2D eigenvalue weighted by Gasteiger charge is 2.45. The maximum Gasteiger partial charge on any atom is 0.263 e. The van der Waals surface area contributed by atoms with Crippen LogP contribution >= 0.6 is 34.6 Å². The van der Waals surface area contributed by atoms with Crippen molar-refractivity contribution in [2.45, 2.75) is 56.0 Å². The number of aromatic nitrogens is 1. The van der Waals surface area contributed by atoms with Crippen molar-refractivity contribution < 1.29 is 28.4 Å². The average Bonchev–Trinajstić information content (AvgIpc) is 3.54. The fourth-order valence-corrected chi connectivity index (χ4v) is 8.67.